The molecular weight excluding hydrogens is 226 g/mol. The number of carbonyl (C=O) groups is 1. The first-order valence-electron chi connectivity index (χ1n) is 6.26. The van der Waals surface area contributed by atoms with Crippen molar-refractivity contribution in [1.82, 2.24) is 0 Å². The molecule has 1 rings (SSSR count). The van der Waals surface area contributed by atoms with Gasteiger partial charge in [-0.1, -0.05) is 32.9 Å². The summed E-state index contributed by atoms with van der Waals surface area (Å²) >= 11 is 0. The number of hydrogen-bond acceptors (Lipinski definition) is 3. The molecule has 0 fully saturated rings. The Balaban J connectivity index is 2.66. The summed E-state index contributed by atoms with van der Waals surface area (Å²) in [7, 11) is 1.41. The lowest BCUT2D eigenvalue weighted by Crippen LogP contribution is -2.13. The van der Waals surface area contributed by atoms with E-state index in [1.165, 1.54) is 18.2 Å². The maximum atomic E-state index is 11.0. The number of esters is 1. The SMILES string of the molecule is COC(=O)CCNc1ccc(C(C)(C)C)cc1C. The molecule has 0 saturated carbocycles. The third-order valence-electron chi connectivity index (χ3n) is 2.96. The zero-order valence-electron chi connectivity index (χ0n) is 12.0. The number of aryl methyl sites for hydroxylation is 1. The van der Waals surface area contributed by atoms with Gasteiger partial charge in [-0.15, -0.1) is 0 Å². The Bertz CT molecular complexity index is 419. The van der Waals surface area contributed by atoms with Crippen molar-refractivity contribution >= 4 is 11.7 Å². The number of rotatable bonds is 4. The van der Waals surface area contributed by atoms with Crippen molar-refractivity contribution in [3.63, 3.8) is 0 Å². The minimum atomic E-state index is -0.188. The monoisotopic (exact) mass is 249 g/mol. The van der Waals surface area contributed by atoms with E-state index in [4.69, 9.17) is 0 Å². The predicted octanol–water partition coefficient (Wildman–Crippen LogP) is 3.27. The first-order valence-corrected chi connectivity index (χ1v) is 6.26. The van der Waals surface area contributed by atoms with Crippen LogP contribution in [0.2, 0.25) is 0 Å². The Labute approximate surface area is 110 Å². The molecule has 0 radical (unpaired) electrons. The number of nitrogens with one attached hydrogen (secondary N) is 1. The molecule has 0 amide bonds. The average molecular weight is 249 g/mol. The zero-order valence-corrected chi connectivity index (χ0v) is 12.0. The molecule has 0 aliphatic rings. The van der Waals surface area contributed by atoms with Crippen LogP contribution in [0.1, 0.15) is 38.3 Å². The van der Waals surface area contributed by atoms with Crippen LogP contribution in [0.5, 0.6) is 0 Å². The standard InChI is InChI=1S/C15H23NO2/c1-11-10-12(15(2,3)4)6-7-13(11)16-9-8-14(17)18-5/h6-7,10,16H,8-9H2,1-5H3. The second-order valence-electron chi connectivity index (χ2n) is 5.53. The Hall–Kier alpha value is -1.51. The fraction of sp³-hybridized carbons (Fsp3) is 0.533. The van der Waals surface area contributed by atoms with Gasteiger partial charge in [0.2, 0.25) is 0 Å². The van der Waals surface area contributed by atoms with Crippen LogP contribution < -0.4 is 5.32 Å². The highest BCUT2D eigenvalue weighted by Crippen LogP contribution is 2.26. The summed E-state index contributed by atoms with van der Waals surface area (Å²) in [6.07, 6.45) is 0.386. The highest BCUT2D eigenvalue weighted by atomic mass is 16.5. The minimum Gasteiger partial charge on any atom is -0.469 e. The summed E-state index contributed by atoms with van der Waals surface area (Å²) in [6.45, 7) is 9.28. The molecule has 0 unspecified atom stereocenters. The molecule has 0 spiro atoms. The van der Waals surface area contributed by atoms with Crippen LogP contribution in [-0.2, 0) is 14.9 Å². The normalized spacial score (nSPS) is 11.2. The smallest absolute Gasteiger partial charge is 0.307 e. The molecule has 100 valence electrons. The van der Waals surface area contributed by atoms with Gasteiger partial charge in [-0.25, -0.2) is 0 Å². The van der Waals surface area contributed by atoms with Crippen molar-refractivity contribution in [1.29, 1.82) is 0 Å². The molecule has 0 saturated heterocycles. The Morgan fingerprint density at radius 1 is 1.33 bits per heavy atom. The highest BCUT2D eigenvalue weighted by Gasteiger charge is 2.14. The summed E-state index contributed by atoms with van der Waals surface area (Å²) in [5.74, 6) is -0.188. The Morgan fingerprint density at radius 3 is 2.50 bits per heavy atom. The van der Waals surface area contributed by atoms with Crippen LogP contribution in [0.15, 0.2) is 18.2 Å². The summed E-state index contributed by atoms with van der Waals surface area (Å²) in [4.78, 5) is 11.0. The first-order chi connectivity index (χ1) is 8.34. The Morgan fingerprint density at radius 2 is 2.00 bits per heavy atom. The van der Waals surface area contributed by atoms with E-state index in [2.05, 4.69) is 55.9 Å². The van der Waals surface area contributed by atoms with E-state index in [0.717, 1.165) is 5.69 Å². The minimum absolute atomic E-state index is 0.162. The van der Waals surface area contributed by atoms with Crippen molar-refractivity contribution in [3.8, 4) is 0 Å². The van der Waals surface area contributed by atoms with E-state index in [0.29, 0.717) is 13.0 Å². The lowest BCUT2D eigenvalue weighted by molar-refractivity contribution is -0.140. The van der Waals surface area contributed by atoms with Gasteiger partial charge >= 0.3 is 5.97 Å². The molecule has 3 nitrogen and oxygen atoms in total. The molecule has 1 aromatic carbocycles. The molecule has 0 atom stereocenters. The number of benzene rings is 1. The van der Waals surface area contributed by atoms with Gasteiger partial charge in [-0.2, -0.15) is 0 Å². The molecule has 0 heterocycles. The van der Waals surface area contributed by atoms with Gasteiger partial charge in [0, 0.05) is 12.2 Å². The number of methoxy groups -OCH3 is 1. The van der Waals surface area contributed by atoms with Crippen molar-refractivity contribution in [3.05, 3.63) is 29.3 Å². The second-order valence-corrected chi connectivity index (χ2v) is 5.53. The number of ether oxygens (including phenoxy) is 1. The zero-order chi connectivity index (χ0) is 13.8. The summed E-state index contributed by atoms with van der Waals surface area (Å²) in [5.41, 5.74) is 3.76. The van der Waals surface area contributed by atoms with E-state index in [1.54, 1.807) is 0 Å². The molecule has 0 aromatic heterocycles. The van der Waals surface area contributed by atoms with Gasteiger partial charge in [0.25, 0.3) is 0 Å². The molecule has 0 bridgehead atoms. The van der Waals surface area contributed by atoms with Gasteiger partial charge in [0.05, 0.1) is 13.5 Å². The molecule has 0 aliphatic carbocycles. The summed E-state index contributed by atoms with van der Waals surface area (Å²) in [5, 5.41) is 3.26. The van der Waals surface area contributed by atoms with Crippen molar-refractivity contribution in [2.24, 2.45) is 0 Å². The van der Waals surface area contributed by atoms with E-state index in [1.807, 2.05) is 0 Å². The van der Waals surface area contributed by atoms with Crippen molar-refractivity contribution in [2.75, 3.05) is 19.0 Å². The summed E-state index contributed by atoms with van der Waals surface area (Å²) in [6, 6.07) is 6.40. The fourth-order valence-electron chi connectivity index (χ4n) is 1.73. The first kappa shape index (κ1) is 14.6. The maximum absolute atomic E-state index is 11.0. The number of hydrogen-bond donors (Lipinski definition) is 1. The molecule has 1 N–H and O–H groups in total. The number of anilines is 1. The predicted molar refractivity (Wildman–Crippen MR) is 75.0 cm³/mol. The van der Waals surface area contributed by atoms with Crippen LogP contribution in [0.3, 0.4) is 0 Å². The third-order valence-corrected chi connectivity index (χ3v) is 2.96. The van der Waals surface area contributed by atoms with Crippen LogP contribution >= 0.6 is 0 Å². The maximum Gasteiger partial charge on any atom is 0.307 e. The second kappa shape index (κ2) is 5.89. The third kappa shape index (κ3) is 4.06. The quantitative estimate of drug-likeness (QED) is 0.832. The highest BCUT2D eigenvalue weighted by molar-refractivity contribution is 5.70. The van der Waals surface area contributed by atoms with E-state index in [9.17, 15) is 4.79 Å². The molecule has 3 heteroatoms. The van der Waals surface area contributed by atoms with Gasteiger partial charge in [0.15, 0.2) is 0 Å². The van der Waals surface area contributed by atoms with E-state index in [-0.39, 0.29) is 11.4 Å². The van der Waals surface area contributed by atoms with Gasteiger partial charge < -0.3 is 10.1 Å². The van der Waals surface area contributed by atoms with E-state index >= 15 is 0 Å². The van der Waals surface area contributed by atoms with E-state index < -0.39 is 0 Å². The number of carbonyl (C=O) groups excluding carboxylic acids is 1. The average Bonchev–Trinajstić information content (AvgIpc) is 2.29. The van der Waals surface area contributed by atoms with Gasteiger partial charge in [0.1, 0.15) is 0 Å². The Kier molecular flexibility index (Phi) is 4.76. The lowest BCUT2D eigenvalue weighted by atomic mass is 9.86. The molecule has 18 heavy (non-hydrogen) atoms. The van der Waals surface area contributed by atoms with Crippen LogP contribution in [0, 0.1) is 6.92 Å². The van der Waals surface area contributed by atoms with Crippen molar-refractivity contribution in [2.45, 2.75) is 39.5 Å². The molecule has 0 aliphatic heterocycles. The largest absolute Gasteiger partial charge is 0.469 e. The van der Waals surface area contributed by atoms with Crippen LogP contribution in [-0.4, -0.2) is 19.6 Å². The topological polar surface area (TPSA) is 38.3 Å². The van der Waals surface area contributed by atoms with Gasteiger partial charge in [-0.3, -0.25) is 4.79 Å². The van der Waals surface area contributed by atoms with Crippen molar-refractivity contribution < 1.29 is 9.53 Å². The summed E-state index contributed by atoms with van der Waals surface area (Å²) < 4.78 is 4.60. The molecular formula is C15H23NO2. The van der Waals surface area contributed by atoms with Gasteiger partial charge in [-0.05, 0) is 29.5 Å². The van der Waals surface area contributed by atoms with Crippen LogP contribution in [0.4, 0.5) is 5.69 Å². The molecule has 1 aromatic rings. The fourth-order valence-corrected chi connectivity index (χ4v) is 1.73. The lowest BCUT2D eigenvalue weighted by Gasteiger charge is -2.21. The van der Waals surface area contributed by atoms with Crippen LogP contribution in [0.25, 0.3) is 0 Å².